The minimum atomic E-state index is 0.408. The van der Waals surface area contributed by atoms with Crippen LogP contribution in [0.1, 0.15) is 11.1 Å². The quantitative estimate of drug-likeness (QED) is 0.143. The molecule has 0 spiro atoms. The maximum atomic E-state index is 10.2. The van der Waals surface area contributed by atoms with Gasteiger partial charge in [0.2, 0.25) is 0 Å². The van der Waals surface area contributed by atoms with E-state index in [2.05, 4.69) is 115 Å². The Bertz CT molecular complexity index is 3810. The number of nitrogens with zero attached hydrogens (tertiary/aromatic N) is 12. The van der Waals surface area contributed by atoms with Crippen molar-refractivity contribution in [1.29, 1.82) is 5.26 Å². The Morgan fingerprint density at radius 1 is 0.433 bits per heavy atom. The molecular weight excluding hydrogens is 829 g/mol. The zero-order valence-electron chi connectivity index (χ0n) is 35.6. The normalized spacial score (nSPS) is 11.3. The molecule has 0 atom stereocenters. The third kappa shape index (κ3) is 6.60. The molecule has 12 nitrogen and oxygen atoms in total. The van der Waals surface area contributed by atoms with Crippen molar-refractivity contribution in [1.82, 2.24) is 49.0 Å². The van der Waals surface area contributed by atoms with Gasteiger partial charge in [0.25, 0.3) is 0 Å². The summed E-state index contributed by atoms with van der Waals surface area (Å²) in [4.78, 5) is 41.3. The van der Waals surface area contributed by atoms with Gasteiger partial charge in [-0.15, -0.1) is 0 Å². The van der Waals surface area contributed by atoms with Crippen LogP contribution in [0.3, 0.4) is 0 Å². The Morgan fingerprint density at radius 3 is 1.13 bits per heavy atom. The van der Waals surface area contributed by atoms with Gasteiger partial charge in [0.05, 0.1) is 51.6 Å². The van der Waals surface area contributed by atoms with Crippen LogP contribution in [0.4, 0.5) is 5.69 Å². The van der Waals surface area contributed by atoms with E-state index in [1.807, 2.05) is 55.5 Å². The largest absolute Gasteiger partial charge is 0.308 e. The first-order chi connectivity index (χ1) is 33.0. The van der Waals surface area contributed by atoms with Gasteiger partial charge in [0, 0.05) is 93.4 Å². The topological polar surface area (TPSA) is 141 Å². The second kappa shape index (κ2) is 15.8. The minimum absolute atomic E-state index is 0.408. The van der Waals surface area contributed by atoms with Crippen LogP contribution in [0.15, 0.2) is 177 Å². The first kappa shape index (κ1) is 38.9. The lowest BCUT2D eigenvalue weighted by molar-refractivity contribution is 1.09. The summed E-state index contributed by atoms with van der Waals surface area (Å²) < 4.78 is 4.48. The summed E-state index contributed by atoms with van der Waals surface area (Å²) in [5.41, 5.74) is 11.6. The summed E-state index contributed by atoms with van der Waals surface area (Å²) in [6.45, 7) is 10.7. The zero-order valence-corrected chi connectivity index (χ0v) is 35.6. The van der Waals surface area contributed by atoms with Gasteiger partial charge in [0.15, 0.2) is 29.0 Å². The highest BCUT2D eigenvalue weighted by atomic mass is 15.1. The van der Waals surface area contributed by atoms with Gasteiger partial charge >= 0.3 is 0 Å². The molecule has 0 saturated carbocycles. The molecule has 0 aliphatic rings. The van der Waals surface area contributed by atoms with Crippen molar-refractivity contribution in [2.24, 2.45) is 0 Å². The van der Waals surface area contributed by atoms with E-state index in [0.717, 1.165) is 88.4 Å². The first-order valence-corrected chi connectivity index (χ1v) is 21.4. The van der Waals surface area contributed by atoms with Gasteiger partial charge in [-0.2, -0.15) is 5.26 Å². The molecule has 12 aromatic rings. The maximum absolute atomic E-state index is 10.2. The predicted molar refractivity (Wildman–Crippen MR) is 260 cm³/mol. The lowest BCUT2D eigenvalue weighted by atomic mass is 9.97. The highest BCUT2D eigenvalue weighted by molar-refractivity contribution is 6.14. The van der Waals surface area contributed by atoms with E-state index in [0.29, 0.717) is 40.1 Å². The molecule has 312 valence electrons. The fraction of sp³-hybridized carbons (Fsp3) is 0.0182. The smallest absolute Gasteiger partial charge is 0.197 e. The Labute approximate surface area is 382 Å². The van der Waals surface area contributed by atoms with Crippen molar-refractivity contribution in [3.05, 3.63) is 200 Å². The van der Waals surface area contributed by atoms with Gasteiger partial charge in [-0.3, -0.25) is 0 Å². The summed E-state index contributed by atoms with van der Waals surface area (Å²) in [7, 11) is 0. The third-order valence-electron chi connectivity index (χ3n) is 12.0. The molecule has 0 saturated heterocycles. The highest BCUT2D eigenvalue weighted by Crippen LogP contribution is 2.45. The summed E-state index contributed by atoms with van der Waals surface area (Å²) in [5.74, 6) is 2.33. The average Bonchev–Trinajstić information content (AvgIpc) is 3.90. The fourth-order valence-corrected chi connectivity index (χ4v) is 9.16. The summed E-state index contributed by atoms with van der Waals surface area (Å²) in [6.07, 6.45) is 13.9. The van der Waals surface area contributed by atoms with E-state index in [-0.39, 0.29) is 0 Å². The van der Waals surface area contributed by atoms with E-state index in [9.17, 15) is 5.26 Å². The van der Waals surface area contributed by atoms with Gasteiger partial charge in [-0.1, -0.05) is 54.6 Å². The molecule has 0 fully saturated rings. The van der Waals surface area contributed by atoms with Crippen LogP contribution in [0.25, 0.3) is 117 Å². The Morgan fingerprint density at radius 2 is 0.791 bits per heavy atom. The van der Waals surface area contributed by atoms with Crippen molar-refractivity contribution in [2.75, 3.05) is 0 Å². The number of fused-ring (bicyclic) bond motifs is 6. The molecule has 12 heteroatoms. The maximum Gasteiger partial charge on any atom is 0.197 e. The monoisotopic (exact) mass is 860 g/mol. The molecule has 12 rings (SSSR count). The second-order valence-electron chi connectivity index (χ2n) is 16.1. The van der Waals surface area contributed by atoms with Crippen molar-refractivity contribution >= 4 is 49.3 Å². The minimum Gasteiger partial charge on any atom is -0.308 e. The SMILES string of the molecule is [C-]#[N+]c1cc(-n2c3cc(-c4ncccn4)ccc3c3ccc(-c4ncccn4)cc32)c(-n2c3cc(-c4ncccn4)ccc3c3ccc(-c4ncccn4)cc32)cc1-c1cc(C)cc(C#N)c1. The molecule has 0 bridgehead atoms. The molecule has 6 aromatic heterocycles. The number of hydrogen-bond acceptors (Lipinski definition) is 9. The molecule has 6 aromatic carbocycles. The van der Waals surface area contributed by atoms with Gasteiger partial charge in [-0.05, 0) is 96.4 Å². The molecule has 67 heavy (non-hydrogen) atoms. The number of nitriles is 1. The average molecular weight is 861 g/mol. The Kier molecular flexibility index (Phi) is 9.15. The van der Waals surface area contributed by atoms with Crippen LogP contribution in [0.2, 0.25) is 0 Å². The van der Waals surface area contributed by atoms with Crippen LogP contribution < -0.4 is 0 Å². The molecule has 0 unspecified atom stereocenters. The summed E-state index contributed by atoms with van der Waals surface area (Å²) >= 11 is 0. The first-order valence-electron chi connectivity index (χ1n) is 21.4. The summed E-state index contributed by atoms with van der Waals surface area (Å²) in [6, 6.07) is 44.4. The Balaban J connectivity index is 1.27. The van der Waals surface area contributed by atoms with Crippen LogP contribution in [0, 0.1) is 24.8 Å². The van der Waals surface area contributed by atoms with E-state index in [1.54, 1.807) is 73.8 Å². The number of aryl methyl sites for hydroxylation is 1. The fourth-order valence-electron chi connectivity index (χ4n) is 9.16. The number of benzene rings is 6. The van der Waals surface area contributed by atoms with E-state index in [4.69, 9.17) is 6.57 Å². The zero-order chi connectivity index (χ0) is 45.0. The van der Waals surface area contributed by atoms with Crippen LogP contribution >= 0.6 is 0 Å². The van der Waals surface area contributed by atoms with E-state index < -0.39 is 0 Å². The molecule has 0 aliphatic carbocycles. The van der Waals surface area contributed by atoms with Gasteiger partial charge in [0.1, 0.15) is 0 Å². The molecular formula is C55H32N12. The lowest BCUT2D eigenvalue weighted by Crippen LogP contribution is -2.05. The molecule has 0 aliphatic heterocycles. The van der Waals surface area contributed by atoms with Crippen molar-refractivity contribution in [3.63, 3.8) is 0 Å². The number of hydrogen-bond donors (Lipinski definition) is 0. The Hall–Kier alpha value is -9.78. The van der Waals surface area contributed by atoms with Gasteiger partial charge in [-0.25, -0.2) is 44.7 Å². The number of rotatable bonds is 7. The molecule has 0 N–H and O–H groups in total. The van der Waals surface area contributed by atoms with Crippen LogP contribution in [0.5, 0.6) is 0 Å². The molecule has 6 heterocycles. The van der Waals surface area contributed by atoms with Crippen LogP contribution in [-0.4, -0.2) is 49.0 Å². The van der Waals surface area contributed by atoms with Crippen LogP contribution in [-0.2, 0) is 0 Å². The van der Waals surface area contributed by atoms with E-state index >= 15 is 0 Å². The predicted octanol–water partition coefficient (Wildman–Crippen LogP) is 12.1. The van der Waals surface area contributed by atoms with E-state index in [1.165, 1.54) is 0 Å². The summed E-state index contributed by atoms with van der Waals surface area (Å²) in [5, 5.41) is 14.1. The number of aromatic nitrogens is 10. The third-order valence-corrected chi connectivity index (χ3v) is 12.0. The van der Waals surface area contributed by atoms with Crippen molar-refractivity contribution in [3.8, 4) is 74.1 Å². The van der Waals surface area contributed by atoms with Crippen molar-refractivity contribution in [2.45, 2.75) is 6.92 Å². The lowest BCUT2D eigenvalue weighted by Gasteiger charge is -2.20. The molecule has 0 radical (unpaired) electrons. The standard InChI is InChI=1S/C55H32N12/c1-33-23-34(32-56)25-39(24-33)44-30-50(66-46-26-35(52-58-15-3-16-59-52)7-11-40(46)41-12-8-36(27-47(41)66)53-60-17-4-18-61-53)51(31-45(44)57-2)67-48-28-37(54-62-19-5-20-63-54)9-13-42(48)43-14-10-38(29-49(43)67)55-64-21-6-22-65-55/h3-31H,1H3. The second-order valence-corrected chi connectivity index (χ2v) is 16.1. The molecule has 0 amide bonds. The van der Waals surface area contributed by atoms with Crippen molar-refractivity contribution < 1.29 is 0 Å². The van der Waals surface area contributed by atoms with Gasteiger partial charge < -0.3 is 9.13 Å². The highest BCUT2D eigenvalue weighted by Gasteiger charge is 2.24.